The van der Waals surface area contributed by atoms with Crippen molar-refractivity contribution in [1.29, 1.82) is 0 Å². The maximum Gasteiger partial charge on any atom is 0.257 e. The summed E-state index contributed by atoms with van der Waals surface area (Å²) in [6.45, 7) is -0.926. The summed E-state index contributed by atoms with van der Waals surface area (Å²) < 4.78 is 27.3. The molecular formula is C17H21F2NO3. The van der Waals surface area contributed by atoms with Crippen LogP contribution in [0, 0.1) is 5.92 Å². The van der Waals surface area contributed by atoms with Crippen molar-refractivity contribution in [3.8, 4) is 5.75 Å². The molecule has 6 heteroatoms. The third kappa shape index (κ3) is 2.92. The summed E-state index contributed by atoms with van der Waals surface area (Å²) in [5.74, 6) is -4.65. The molecule has 3 rings (SSSR count). The Bertz CT molecular complexity index is 618. The fourth-order valence-corrected chi connectivity index (χ4v) is 3.51. The highest BCUT2D eigenvalue weighted by atomic mass is 19.3. The zero-order valence-electron chi connectivity index (χ0n) is 12.9. The molecule has 1 aromatic carbocycles. The summed E-state index contributed by atoms with van der Waals surface area (Å²) in [4.78, 5) is 13.9. The molecule has 1 amide bonds. The second kappa shape index (κ2) is 6.07. The van der Waals surface area contributed by atoms with E-state index in [2.05, 4.69) is 0 Å². The first-order valence-electron chi connectivity index (χ1n) is 8.05. The van der Waals surface area contributed by atoms with Crippen molar-refractivity contribution in [2.75, 3.05) is 19.7 Å². The summed E-state index contributed by atoms with van der Waals surface area (Å²) in [6, 6.07) is 3.44. The number of likely N-dealkylation sites (tertiary alicyclic amines) is 1. The maximum atomic E-state index is 13.7. The number of alkyl halides is 2. The Morgan fingerprint density at radius 2 is 2.04 bits per heavy atom. The lowest BCUT2D eigenvalue weighted by molar-refractivity contribution is -0.113. The summed E-state index contributed by atoms with van der Waals surface area (Å²) in [7, 11) is 0. The number of aryl methyl sites for hydroxylation is 1. The van der Waals surface area contributed by atoms with Crippen LogP contribution in [0.2, 0.25) is 0 Å². The van der Waals surface area contributed by atoms with Gasteiger partial charge in [0.1, 0.15) is 5.75 Å². The second-order valence-electron chi connectivity index (χ2n) is 6.45. The van der Waals surface area contributed by atoms with E-state index in [4.69, 9.17) is 5.11 Å². The Hall–Kier alpha value is -1.69. The molecule has 2 N–H and O–H groups in total. The Balaban J connectivity index is 1.84. The van der Waals surface area contributed by atoms with E-state index in [-0.39, 0.29) is 24.4 Å². The van der Waals surface area contributed by atoms with E-state index in [1.54, 1.807) is 6.07 Å². The standard InChI is InChI=1S/C17H21F2NO3/c18-17(19)7-8-20(9-12(17)10-21)16(23)14-6-5-11-3-1-2-4-13(11)15(14)22/h5-6,12,21-22H,1-4,7-10H2. The van der Waals surface area contributed by atoms with Gasteiger partial charge in [-0.05, 0) is 42.9 Å². The summed E-state index contributed by atoms with van der Waals surface area (Å²) in [6.07, 6.45) is 3.20. The van der Waals surface area contributed by atoms with Gasteiger partial charge in [-0.25, -0.2) is 8.78 Å². The van der Waals surface area contributed by atoms with E-state index >= 15 is 0 Å². The van der Waals surface area contributed by atoms with Gasteiger partial charge in [-0.1, -0.05) is 6.07 Å². The number of aromatic hydroxyl groups is 1. The van der Waals surface area contributed by atoms with Crippen molar-refractivity contribution in [2.45, 2.75) is 38.0 Å². The maximum absolute atomic E-state index is 13.7. The number of phenolic OH excluding ortho intramolecular Hbond substituents is 1. The van der Waals surface area contributed by atoms with Crippen molar-refractivity contribution >= 4 is 5.91 Å². The van der Waals surface area contributed by atoms with Gasteiger partial charge in [-0.15, -0.1) is 0 Å². The third-order valence-corrected chi connectivity index (χ3v) is 4.99. The number of phenols is 1. The number of carbonyl (C=O) groups excluding carboxylic acids is 1. The SMILES string of the molecule is O=C(c1ccc2c(c1O)CCCC2)N1CCC(F)(F)C(CO)C1. The van der Waals surface area contributed by atoms with E-state index < -0.39 is 30.8 Å². The molecule has 1 unspecified atom stereocenters. The van der Waals surface area contributed by atoms with Crippen LogP contribution in [0.3, 0.4) is 0 Å². The first kappa shape index (κ1) is 16.2. The molecule has 2 aliphatic rings. The summed E-state index contributed by atoms with van der Waals surface area (Å²) in [5.41, 5.74) is 2.04. The van der Waals surface area contributed by atoms with Gasteiger partial charge >= 0.3 is 0 Å². The molecule has 1 fully saturated rings. The fourth-order valence-electron chi connectivity index (χ4n) is 3.51. The molecule has 1 atom stereocenters. The number of carbonyl (C=O) groups is 1. The van der Waals surface area contributed by atoms with Crippen LogP contribution in [0.25, 0.3) is 0 Å². The lowest BCUT2D eigenvalue weighted by Crippen LogP contribution is -2.50. The molecule has 4 nitrogen and oxygen atoms in total. The number of nitrogens with zero attached hydrogens (tertiary/aromatic N) is 1. The summed E-state index contributed by atoms with van der Waals surface area (Å²) >= 11 is 0. The van der Waals surface area contributed by atoms with Crippen LogP contribution in [0.4, 0.5) is 8.78 Å². The highest BCUT2D eigenvalue weighted by Gasteiger charge is 2.45. The number of benzene rings is 1. The number of fused-ring (bicyclic) bond motifs is 1. The topological polar surface area (TPSA) is 60.8 Å². The monoisotopic (exact) mass is 325 g/mol. The average molecular weight is 325 g/mol. The number of piperidine rings is 1. The predicted molar refractivity (Wildman–Crippen MR) is 80.8 cm³/mol. The fraction of sp³-hybridized carbons (Fsp3) is 0.588. The minimum Gasteiger partial charge on any atom is -0.507 e. The van der Waals surface area contributed by atoms with Gasteiger partial charge in [0.15, 0.2) is 0 Å². The molecule has 23 heavy (non-hydrogen) atoms. The van der Waals surface area contributed by atoms with Crippen LogP contribution in [-0.4, -0.2) is 46.6 Å². The number of hydrogen-bond donors (Lipinski definition) is 2. The number of aliphatic hydroxyl groups is 1. The van der Waals surface area contributed by atoms with Crippen LogP contribution >= 0.6 is 0 Å². The molecule has 1 saturated heterocycles. The minimum absolute atomic E-state index is 0.00918. The smallest absolute Gasteiger partial charge is 0.257 e. The lowest BCUT2D eigenvalue weighted by atomic mass is 9.88. The van der Waals surface area contributed by atoms with Gasteiger partial charge in [0, 0.05) is 19.5 Å². The highest BCUT2D eigenvalue weighted by Crippen LogP contribution is 2.36. The first-order chi connectivity index (χ1) is 10.9. The van der Waals surface area contributed by atoms with Gasteiger partial charge in [-0.2, -0.15) is 0 Å². The first-order valence-corrected chi connectivity index (χ1v) is 8.05. The molecule has 0 aromatic heterocycles. The Morgan fingerprint density at radius 1 is 1.30 bits per heavy atom. The van der Waals surface area contributed by atoms with E-state index in [1.807, 2.05) is 6.07 Å². The average Bonchev–Trinajstić information content (AvgIpc) is 2.55. The van der Waals surface area contributed by atoms with Crippen molar-refractivity contribution in [3.63, 3.8) is 0 Å². The number of hydrogen-bond acceptors (Lipinski definition) is 3. The van der Waals surface area contributed by atoms with Crippen LogP contribution in [0.15, 0.2) is 12.1 Å². The quantitative estimate of drug-likeness (QED) is 0.877. The normalized spacial score (nSPS) is 23.4. The third-order valence-electron chi connectivity index (χ3n) is 4.99. The van der Waals surface area contributed by atoms with Crippen molar-refractivity contribution < 1.29 is 23.8 Å². The molecule has 0 saturated carbocycles. The van der Waals surface area contributed by atoms with E-state index in [1.165, 1.54) is 4.90 Å². The number of amides is 1. The van der Waals surface area contributed by atoms with E-state index in [0.29, 0.717) is 0 Å². The van der Waals surface area contributed by atoms with Crippen molar-refractivity contribution in [1.82, 2.24) is 4.90 Å². The van der Waals surface area contributed by atoms with Crippen LogP contribution < -0.4 is 0 Å². The van der Waals surface area contributed by atoms with Crippen molar-refractivity contribution in [3.05, 3.63) is 28.8 Å². The highest BCUT2D eigenvalue weighted by molar-refractivity contribution is 5.97. The largest absolute Gasteiger partial charge is 0.507 e. The molecule has 0 bridgehead atoms. The summed E-state index contributed by atoms with van der Waals surface area (Å²) in [5, 5.41) is 19.6. The van der Waals surface area contributed by atoms with E-state index in [0.717, 1.165) is 36.8 Å². The molecule has 1 aliphatic carbocycles. The zero-order chi connectivity index (χ0) is 16.6. The molecule has 1 heterocycles. The van der Waals surface area contributed by atoms with Gasteiger partial charge in [-0.3, -0.25) is 4.79 Å². The number of rotatable bonds is 2. The van der Waals surface area contributed by atoms with Crippen molar-refractivity contribution in [2.24, 2.45) is 5.92 Å². The van der Waals surface area contributed by atoms with Gasteiger partial charge < -0.3 is 15.1 Å². The second-order valence-corrected chi connectivity index (χ2v) is 6.45. The predicted octanol–water partition coefficient (Wildman–Crippen LogP) is 2.36. The molecule has 0 radical (unpaired) electrons. The van der Waals surface area contributed by atoms with Crippen LogP contribution in [-0.2, 0) is 12.8 Å². The van der Waals surface area contributed by atoms with Crippen LogP contribution in [0.1, 0.15) is 40.7 Å². The van der Waals surface area contributed by atoms with E-state index in [9.17, 15) is 18.7 Å². The lowest BCUT2D eigenvalue weighted by Gasteiger charge is -2.37. The molecule has 126 valence electrons. The number of halogens is 2. The zero-order valence-corrected chi connectivity index (χ0v) is 12.9. The molecule has 1 aliphatic heterocycles. The van der Waals surface area contributed by atoms with Gasteiger partial charge in [0.2, 0.25) is 0 Å². The molecule has 1 aromatic rings. The van der Waals surface area contributed by atoms with Gasteiger partial charge in [0.25, 0.3) is 11.8 Å². The number of aliphatic hydroxyl groups excluding tert-OH is 1. The molecule has 0 spiro atoms. The Kier molecular flexibility index (Phi) is 4.27. The van der Waals surface area contributed by atoms with Crippen LogP contribution in [0.5, 0.6) is 5.75 Å². The molecular weight excluding hydrogens is 304 g/mol. The minimum atomic E-state index is -2.95. The Labute approximate surface area is 133 Å². The van der Waals surface area contributed by atoms with Gasteiger partial charge in [0.05, 0.1) is 18.1 Å². The Morgan fingerprint density at radius 3 is 2.78 bits per heavy atom.